The Labute approximate surface area is 177 Å². The zero-order valence-electron chi connectivity index (χ0n) is 16.8. The molecule has 1 aliphatic rings. The molecule has 0 spiro atoms. The molecule has 3 heteroatoms. The molecule has 1 aliphatic heterocycles. The van der Waals surface area contributed by atoms with Crippen LogP contribution < -0.4 is 5.32 Å². The van der Waals surface area contributed by atoms with Crippen LogP contribution in [0.15, 0.2) is 102 Å². The topological polar surface area (TPSA) is 33.6 Å². The second kappa shape index (κ2) is 8.42. The lowest BCUT2D eigenvalue weighted by atomic mass is 10.1. The summed E-state index contributed by atoms with van der Waals surface area (Å²) in [4.78, 5) is 4.86. The van der Waals surface area contributed by atoms with Crippen LogP contribution in [0.2, 0.25) is 0 Å². The molecule has 148 valence electrons. The highest BCUT2D eigenvalue weighted by atomic mass is 16.5. The number of ether oxygens (including phenoxy) is 1. The predicted octanol–water partition coefficient (Wildman–Crippen LogP) is 5.84. The maximum atomic E-state index is 5.98. The van der Waals surface area contributed by atoms with E-state index in [1.54, 1.807) is 0 Å². The molecule has 0 unspecified atom stereocenters. The molecule has 0 fully saturated rings. The van der Waals surface area contributed by atoms with Gasteiger partial charge in [0.1, 0.15) is 6.61 Å². The molecule has 3 nitrogen and oxygen atoms in total. The molecule has 0 aliphatic carbocycles. The fourth-order valence-electron chi connectivity index (χ4n) is 3.92. The van der Waals surface area contributed by atoms with Crippen molar-refractivity contribution in [1.82, 2.24) is 0 Å². The zero-order chi connectivity index (χ0) is 20.2. The van der Waals surface area contributed by atoms with Crippen molar-refractivity contribution >= 4 is 22.4 Å². The summed E-state index contributed by atoms with van der Waals surface area (Å²) in [5.74, 6) is 0.734. The minimum absolute atomic E-state index is 0.163. The lowest BCUT2D eigenvalue weighted by molar-refractivity contribution is 0.317. The van der Waals surface area contributed by atoms with Gasteiger partial charge in [0, 0.05) is 12.2 Å². The maximum Gasteiger partial charge on any atom is 0.218 e. The van der Waals surface area contributed by atoms with Crippen LogP contribution in [0.25, 0.3) is 10.8 Å². The fraction of sp³-hybridized carbons (Fsp3) is 0.148. The second-order valence-electron chi connectivity index (χ2n) is 7.67. The van der Waals surface area contributed by atoms with E-state index < -0.39 is 0 Å². The lowest BCUT2D eigenvalue weighted by Crippen LogP contribution is -2.10. The Morgan fingerprint density at radius 3 is 2.43 bits per heavy atom. The van der Waals surface area contributed by atoms with Crippen molar-refractivity contribution < 1.29 is 4.74 Å². The molecular formula is C27H24N2O. The summed E-state index contributed by atoms with van der Waals surface area (Å²) < 4.78 is 5.98. The number of para-hydroxylation sites is 1. The first kappa shape index (κ1) is 18.4. The van der Waals surface area contributed by atoms with Gasteiger partial charge in [0.2, 0.25) is 5.90 Å². The Balaban J connectivity index is 1.32. The molecule has 30 heavy (non-hydrogen) atoms. The third kappa shape index (κ3) is 4.06. The maximum absolute atomic E-state index is 5.98. The SMILES string of the molecule is c1ccc(C[C@H]2COC(c3ccccc3NCc3ccc4ccccc4c3)=N2)cc1. The van der Waals surface area contributed by atoms with Crippen LogP contribution in [0.1, 0.15) is 16.7 Å². The lowest BCUT2D eigenvalue weighted by Gasteiger charge is -2.12. The third-order valence-corrected chi connectivity index (χ3v) is 5.48. The van der Waals surface area contributed by atoms with Gasteiger partial charge in [0.05, 0.1) is 11.6 Å². The van der Waals surface area contributed by atoms with Gasteiger partial charge in [-0.1, -0.05) is 78.9 Å². The summed E-state index contributed by atoms with van der Waals surface area (Å²) in [6.07, 6.45) is 0.900. The summed E-state index contributed by atoms with van der Waals surface area (Å²) in [6, 6.07) is 33.9. The molecule has 1 N–H and O–H groups in total. The number of rotatable bonds is 6. The quantitative estimate of drug-likeness (QED) is 0.447. The van der Waals surface area contributed by atoms with E-state index in [2.05, 4.69) is 84.2 Å². The highest BCUT2D eigenvalue weighted by Crippen LogP contribution is 2.23. The Bertz CT molecular complexity index is 1180. The molecule has 0 radical (unpaired) electrons. The number of nitrogens with zero attached hydrogens (tertiary/aromatic N) is 1. The molecule has 0 saturated carbocycles. The first-order valence-electron chi connectivity index (χ1n) is 10.4. The monoisotopic (exact) mass is 392 g/mol. The number of hydrogen-bond donors (Lipinski definition) is 1. The standard InChI is InChI=1S/C27H24N2O/c1-2-8-20(9-3-1)17-24-19-30-27(29-24)25-12-6-7-13-26(25)28-18-21-14-15-22-10-4-5-11-23(22)16-21/h1-16,24,28H,17-19H2/t24-/m0/s1. The van der Waals surface area contributed by atoms with Crippen LogP contribution in [-0.2, 0) is 17.7 Å². The Morgan fingerprint density at radius 1 is 0.767 bits per heavy atom. The van der Waals surface area contributed by atoms with Gasteiger partial charge in [-0.05, 0) is 46.5 Å². The van der Waals surface area contributed by atoms with Crippen molar-refractivity contribution in [2.45, 2.75) is 19.0 Å². The van der Waals surface area contributed by atoms with Crippen LogP contribution >= 0.6 is 0 Å². The van der Waals surface area contributed by atoms with Crippen molar-refractivity contribution in [2.75, 3.05) is 11.9 Å². The molecule has 0 amide bonds. The average molecular weight is 393 g/mol. The van der Waals surface area contributed by atoms with E-state index in [1.165, 1.54) is 21.9 Å². The van der Waals surface area contributed by atoms with E-state index >= 15 is 0 Å². The summed E-state index contributed by atoms with van der Waals surface area (Å²) >= 11 is 0. The average Bonchev–Trinajstić information content (AvgIpc) is 3.26. The molecule has 0 saturated heterocycles. The Kier molecular flexibility index (Phi) is 5.17. The molecule has 0 bridgehead atoms. The summed E-state index contributed by atoms with van der Waals surface area (Å²) in [5, 5.41) is 6.10. The largest absolute Gasteiger partial charge is 0.475 e. The number of aliphatic imine (C=N–C) groups is 1. The van der Waals surface area contributed by atoms with E-state index in [9.17, 15) is 0 Å². The van der Waals surface area contributed by atoms with Gasteiger partial charge < -0.3 is 10.1 Å². The van der Waals surface area contributed by atoms with Crippen molar-refractivity contribution in [2.24, 2.45) is 4.99 Å². The van der Waals surface area contributed by atoms with Crippen molar-refractivity contribution in [3.63, 3.8) is 0 Å². The van der Waals surface area contributed by atoms with Gasteiger partial charge in [0.25, 0.3) is 0 Å². The van der Waals surface area contributed by atoms with Gasteiger partial charge in [-0.3, -0.25) is 0 Å². The van der Waals surface area contributed by atoms with Gasteiger partial charge >= 0.3 is 0 Å². The first-order valence-corrected chi connectivity index (χ1v) is 10.4. The molecule has 5 rings (SSSR count). The third-order valence-electron chi connectivity index (χ3n) is 5.48. The van der Waals surface area contributed by atoms with Crippen LogP contribution in [0, 0.1) is 0 Å². The number of hydrogen-bond acceptors (Lipinski definition) is 3. The van der Waals surface area contributed by atoms with Crippen molar-refractivity contribution in [3.8, 4) is 0 Å². The molecule has 1 atom stereocenters. The van der Waals surface area contributed by atoms with Crippen LogP contribution in [0.5, 0.6) is 0 Å². The smallest absolute Gasteiger partial charge is 0.218 e. The van der Waals surface area contributed by atoms with Crippen LogP contribution in [0.4, 0.5) is 5.69 Å². The Hall–Kier alpha value is -3.59. The molecular weight excluding hydrogens is 368 g/mol. The zero-order valence-corrected chi connectivity index (χ0v) is 16.8. The molecule has 1 heterocycles. The van der Waals surface area contributed by atoms with E-state index in [4.69, 9.17) is 9.73 Å². The van der Waals surface area contributed by atoms with E-state index in [0.29, 0.717) is 6.61 Å². The first-order chi connectivity index (χ1) is 14.8. The summed E-state index contributed by atoms with van der Waals surface area (Å²) in [7, 11) is 0. The highest BCUT2D eigenvalue weighted by Gasteiger charge is 2.22. The van der Waals surface area contributed by atoms with Gasteiger partial charge in [-0.2, -0.15) is 0 Å². The summed E-state index contributed by atoms with van der Waals surface area (Å²) in [6.45, 7) is 1.38. The molecule has 4 aromatic rings. The number of benzene rings is 4. The van der Waals surface area contributed by atoms with Gasteiger partial charge in [-0.15, -0.1) is 0 Å². The van der Waals surface area contributed by atoms with Crippen molar-refractivity contribution in [3.05, 3.63) is 114 Å². The molecule has 4 aromatic carbocycles. The minimum atomic E-state index is 0.163. The minimum Gasteiger partial charge on any atom is -0.475 e. The summed E-state index contributed by atoms with van der Waals surface area (Å²) in [5.41, 5.74) is 4.61. The van der Waals surface area contributed by atoms with E-state index in [1.807, 2.05) is 18.2 Å². The van der Waals surface area contributed by atoms with Gasteiger partial charge in [-0.25, -0.2) is 4.99 Å². The predicted molar refractivity (Wildman–Crippen MR) is 124 cm³/mol. The number of nitrogens with one attached hydrogen (secondary N) is 1. The van der Waals surface area contributed by atoms with Crippen LogP contribution in [-0.4, -0.2) is 18.5 Å². The highest BCUT2D eigenvalue weighted by molar-refractivity contribution is 6.00. The number of fused-ring (bicyclic) bond motifs is 1. The number of anilines is 1. The van der Waals surface area contributed by atoms with E-state index in [0.717, 1.165) is 30.1 Å². The van der Waals surface area contributed by atoms with Crippen molar-refractivity contribution in [1.29, 1.82) is 0 Å². The second-order valence-corrected chi connectivity index (χ2v) is 7.67. The Morgan fingerprint density at radius 2 is 1.53 bits per heavy atom. The molecule has 0 aromatic heterocycles. The van der Waals surface area contributed by atoms with Crippen LogP contribution in [0.3, 0.4) is 0 Å². The fourth-order valence-corrected chi connectivity index (χ4v) is 3.92. The van der Waals surface area contributed by atoms with Gasteiger partial charge in [0.15, 0.2) is 0 Å². The van der Waals surface area contributed by atoms with E-state index in [-0.39, 0.29) is 6.04 Å². The normalized spacial score (nSPS) is 15.6.